The van der Waals surface area contributed by atoms with Gasteiger partial charge in [-0.05, 0) is 33.6 Å². The lowest BCUT2D eigenvalue weighted by Gasteiger charge is -2.36. The molecule has 0 aromatic carbocycles. The molecule has 0 heterocycles. The average molecular weight is 185 g/mol. The number of nitrogens with zero attached hydrogens (tertiary/aromatic N) is 1. The first-order valence-corrected chi connectivity index (χ1v) is 4.90. The van der Waals surface area contributed by atoms with Gasteiger partial charge in [0, 0.05) is 18.0 Å². The molecular formula is C10H19NO2. The van der Waals surface area contributed by atoms with Crippen LogP contribution in [0, 0.1) is 0 Å². The first-order chi connectivity index (χ1) is 5.96. The van der Waals surface area contributed by atoms with Gasteiger partial charge in [0.25, 0.3) is 0 Å². The minimum absolute atomic E-state index is 0.0435. The van der Waals surface area contributed by atoms with Crippen LogP contribution in [0.15, 0.2) is 0 Å². The molecule has 0 saturated heterocycles. The molecule has 1 N–H and O–H groups in total. The lowest BCUT2D eigenvalue weighted by molar-refractivity contribution is -0.137. The van der Waals surface area contributed by atoms with Gasteiger partial charge in [-0.15, -0.1) is 0 Å². The zero-order valence-electron chi connectivity index (χ0n) is 8.71. The molecule has 0 aromatic rings. The number of aliphatic hydroxyl groups excluding tert-OH is 1. The molecule has 76 valence electrons. The van der Waals surface area contributed by atoms with Crippen molar-refractivity contribution in [1.29, 1.82) is 0 Å². The van der Waals surface area contributed by atoms with Gasteiger partial charge in [-0.3, -0.25) is 4.79 Å². The third-order valence-corrected chi connectivity index (χ3v) is 2.23. The van der Waals surface area contributed by atoms with Crippen molar-refractivity contribution in [2.24, 2.45) is 0 Å². The van der Waals surface area contributed by atoms with Crippen LogP contribution < -0.4 is 0 Å². The summed E-state index contributed by atoms with van der Waals surface area (Å²) >= 11 is 0. The van der Waals surface area contributed by atoms with E-state index in [0.29, 0.717) is 6.04 Å². The molecule has 0 aromatic heterocycles. The van der Waals surface area contributed by atoms with Crippen molar-refractivity contribution in [2.45, 2.75) is 51.6 Å². The van der Waals surface area contributed by atoms with Crippen molar-refractivity contribution in [3.63, 3.8) is 0 Å². The molecule has 0 atom stereocenters. The van der Waals surface area contributed by atoms with Gasteiger partial charge in [0.05, 0.1) is 6.61 Å². The molecule has 0 bridgehead atoms. The molecule has 0 aliphatic heterocycles. The van der Waals surface area contributed by atoms with Crippen molar-refractivity contribution < 1.29 is 9.90 Å². The second kappa shape index (κ2) is 3.66. The summed E-state index contributed by atoms with van der Waals surface area (Å²) in [6.45, 7) is 6.08. The molecule has 0 unspecified atom stereocenters. The van der Waals surface area contributed by atoms with Crippen molar-refractivity contribution in [1.82, 2.24) is 4.90 Å². The second-order valence-corrected chi connectivity index (χ2v) is 4.64. The highest BCUT2D eigenvalue weighted by Crippen LogP contribution is 2.33. The van der Waals surface area contributed by atoms with E-state index in [1.54, 1.807) is 0 Å². The maximum atomic E-state index is 11.6. The number of hydrogen-bond donors (Lipinski definition) is 1. The Labute approximate surface area is 79.7 Å². The molecule has 0 spiro atoms. The molecule has 1 aliphatic carbocycles. The number of carbonyl (C=O) groups excluding carboxylic acids is 1. The largest absolute Gasteiger partial charge is 0.396 e. The summed E-state index contributed by atoms with van der Waals surface area (Å²) in [7, 11) is 0. The van der Waals surface area contributed by atoms with Gasteiger partial charge in [0.2, 0.25) is 5.91 Å². The quantitative estimate of drug-likeness (QED) is 0.716. The summed E-state index contributed by atoms with van der Waals surface area (Å²) in [6, 6.07) is 0.430. The zero-order chi connectivity index (χ0) is 10.1. The first kappa shape index (κ1) is 10.5. The lowest BCUT2D eigenvalue weighted by Crippen LogP contribution is -2.47. The second-order valence-electron chi connectivity index (χ2n) is 4.64. The van der Waals surface area contributed by atoms with E-state index in [1.165, 1.54) is 0 Å². The van der Waals surface area contributed by atoms with E-state index in [9.17, 15) is 4.79 Å². The van der Waals surface area contributed by atoms with Gasteiger partial charge in [-0.1, -0.05) is 0 Å². The Morgan fingerprint density at radius 1 is 1.46 bits per heavy atom. The topological polar surface area (TPSA) is 40.5 Å². The van der Waals surface area contributed by atoms with Crippen LogP contribution in [0.1, 0.15) is 40.0 Å². The molecule has 3 nitrogen and oxygen atoms in total. The Morgan fingerprint density at radius 3 is 2.31 bits per heavy atom. The summed E-state index contributed by atoms with van der Waals surface area (Å²) in [4.78, 5) is 13.6. The molecule has 1 rings (SSSR count). The molecule has 3 heteroatoms. The number of amides is 1. The normalized spacial score (nSPS) is 17.2. The van der Waals surface area contributed by atoms with E-state index >= 15 is 0 Å². The number of hydrogen-bond acceptors (Lipinski definition) is 2. The Kier molecular flexibility index (Phi) is 2.96. The molecule has 13 heavy (non-hydrogen) atoms. The standard InChI is InChI=1S/C10H19NO2/c1-10(2,3)11(8-4-5-8)9(13)6-7-12/h8,12H,4-7H2,1-3H3. The number of carbonyl (C=O) groups is 1. The summed E-state index contributed by atoms with van der Waals surface area (Å²) in [5, 5.41) is 8.71. The summed E-state index contributed by atoms with van der Waals surface area (Å²) in [6.07, 6.45) is 2.50. The highest BCUT2D eigenvalue weighted by Gasteiger charge is 2.38. The highest BCUT2D eigenvalue weighted by molar-refractivity contribution is 5.77. The highest BCUT2D eigenvalue weighted by atomic mass is 16.3. The number of rotatable bonds is 3. The predicted molar refractivity (Wildman–Crippen MR) is 51.3 cm³/mol. The van der Waals surface area contributed by atoms with Crippen molar-refractivity contribution in [3.05, 3.63) is 0 Å². The monoisotopic (exact) mass is 185 g/mol. The van der Waals surface area contributed by atoms with Crippen molar-refractivity contribution in [2.75, 3.05) is 6.61 Å². The van der Waals surface area contributed by atoms with Crippen LogP contribution in [0.4, 0.5) is 0 Å². The molecular weight excluding hydrogens is 166 g/mol. The van der Waals surface area contributed by atoms with E-state index in [1.807, 2.05) is 25.7 Å². The fourth-order valence-corrected chi connectivity index (χ4v) is 1.67. The Morgan fingerprint density at radius 2 is 2.00 bits per heavy atom. The summed E-state index contributed by atoms with van der Waals surface area (Å²) < 4.78 is 0. The molecule has 1 aliphatic rings. The van der Waals surface area contributed by atoms with Gasteiger partial charge < -0.3 is 10.0 Å². The summed E-state index contributed by atoms with van der Waals surface area (Å²) in [5.74, 6) is 0.0810. The first-order valence-electron chi connectivity index (χ1n) is 4.90. The lowest BCUT2D eigenvalue weighted by atomic mass is 10.1. The van der Waals surface area contributed by atoms with Crippen LogP contribution >= 0.6 is 0 Å². The van der Waals surface area contributed by atoms with Gasteiger partial charge in [0.15, 0.2) is 0 Å². The van der Waals surface area contributed by atoms with Gasteiger partial charge in [-0.25, -0.2) is 0 Å². The minimum atomic E-state index is -0.104. The SMILES string of the molecule is CC(C)(C)N(C(=O)CCO)C1CC1. The van der Waals surface area contributed by atoms with Crippen molar-refractivity contribution >= 4 is 5.91 Å². The minimum Gasteiger partial charge on any atom is -0.396 e. The maximum absolute atomic E-state index is 11.6. The van der Waals surface area contributed by atoms with E-state index in [4.69, 9.17) is 5.11 Å². The smallest absolute Gasteiger partial charge is 0.225 e. The molecule has 1 amide bonds. The molecule has 1 fully saturated rings. The Balaban J connectivity index is 2.62. The van der Waals surface area contributed by atoms with Crippen LogP contribution in [-0.2, 0) is 4.79 Å². The van der Waals surface area contributed by atoms with Crippen LogP contribution in [-0.4, -0.2) is 34.1 Å². The fourth-order valence-electron chi connectivity index (χ4n) is 1.67. The molecule has 1 saturated carbocycles. The van der Waals surface area contributed by atoms with E-state index in [-0.39, 0.29) is 24.5 Å². The van der Waals surface area contributed by atoms with E-state index in [2.05, 4.69) is 0 Å². The zero-order valence-corrected chi connectivity index (χ0v) is 8.71. The van der Waals surface area contributed by atoms with Crippen LogP contribution in [0.25, 0.3) is 0 Å². The van der Waals surface area contributed by atoms with Gasteiger partial charge >= 0.3 is 0 Å². The van der Waals surface area contributed by atoms with E-state index in [0.717, 1.165) is 12.8 Å². The molecule has 0 radical (unpaired) electrons. The van der Waals surface area contributed by atoms with E-state index < -0.39 is 0 Å². The third kappa shape index (κ3) is 2.69. The van der Waals surface area contributed by atoms with Crippen LogP contribution in [0.3, 0.4) is 0 Å². The fraction of sp³-hybridized carbons (Fsp3) is 0.900. The Bertz CT molecular complexity index is 192. The Hall–Kier alpha value is -0.570. The average Bonchev–Trinajstić information content (AvgIpc) is 2.68. The predicted octanol–water partition coefficient (Wildman–Crippen LogP) is 1.16. The van der Waals surface area contributed by atoms with Crippen LogP contribution in [0.2, 0.25) is 0 Å². The maximum Gasteiger partial charge on any atom is 0.225 e. The summed E-state index contributed by atoms with van der Waals surface area (Å²) in [5.41, 5.74) is -0.104. The third-order valence-electron chi connectivity index (χ3n) is 2.23. The van der Waals surface area contributed by atoms with Gasteiger partial charge in [0.1, 0.15) is 0 Å². The van der Waals surface area contributed by atoms with Gasteiger partial charge in [-0.2, -0.15) is 0 Å². The van der Waals surface area contributed by atoms with Crippen LogP contribution in [0.5, 0.6) is 0 Å². The van der Waals surface area contributed by atoms with Crippen molar-refractivity contribution in [3.8, 4) is 0 Å². The number of aliphatic hydroxyl groups is 1.